The Morgan fingerprint density at radius 3 is 2.60 bits per heavy atom. The quantitative estimate of drug-likeness (QED) is 0.480. The minimum atomic E-state index is 1.63. The fraction of sp³-hybridized carbons (Fsp3) is 0. The van der Waals surface area contributed by atoms with Gasteiger partial charge in [-0.25, -0.2) is 0 Å². The van der Waals surface area contributed by atoms with E-state index in [4.69, 9.17) is 0 Å². The molecule has 0 atom stereocenters. The van der Waals surface area contributed by atoms with E-state index in [-0.39, 0.29) is 0 Å². The molecule has 0 bridgehead atoms. The fourth-order valence-electron chi connectivity index (χ4n) is 0.0364. The maximum absolute atomic E-state index is 3.47. The summed E-state index contributed by atoms with van der Waals surface area (Å²) in [6.45, 7) is 5.39. The van der Waals surface area contributed by atoms with Crippen molar-refractivity contribution in [3.63, 3.8) is 0 Å². The summed E-state index contributed by atoms with van der Waals surface area (Å²) in [5.74, 6) is 1.76. The van der Waals surface area contributed by atoms with Crippen molar-refractivity contribution < 1.29 is 0 Å². The van der Waals surface area contributed by atoms with Crippen molar-refractivity contribution in [1.29, 1.82) is 0 Å². The predicted octanol–water partition coefficient (Wildman–Crippen LogP) is 1.83. The molecule has 0 spiro atoms. The van der Waals surface area contributed by atoms with Gasteiger partial charge < -0.3 is 0 Å². The van der Waals surface area contributed by atoms with E-state index in [1.165, 1.54) is 0 Å². The van der Waals surface area contributed by atoms with Crippen LogP contribution in [0, 0.1) is 0 Å². The monoisotopic (exact) mass is 197 g/mol. The lowest BCUT2D eigenvalue weighted by Gasteiger charge is -1.67. The molecule has 0 heterocycles. The molecule has 0 amide bonds. The SMILES string of the molecule is C=C[B]SI. The molecule has 0 unspecified atom stereocenters. The summed E-state index contributed by atoms with van der Waals surface area (Å²) < 4.78 is 0. The maximum Gasteiger partial charge on any atom is 0.235 e. The molecular formula is C2H3BIS. The largest absolute Gasteiger partial charge is 0.235 e. The van der Waals surface area contributed by atoms with Gasteiger partial charge in [0, 0.05) is 0 Å². The molecule has 0 nitrogen and oxygen atoms in total. The first-order chi connectivity index (χ1) is 2.41. The molecule has 0 aliphatic carbocycles. The summed E-state index contributed by atoms with van der Waals surface area (Å²) in [6.07, 6.45) is 0. The van der Waals surface area contributed by atoms with Gasteiger partial charge in [-0.1, -0.05) is 0 Å². The minimum absolute atomic E-state index is 1.63. The Bertz CT molecular complexity index is 30.8. The van der Waals surface area contributed by atoms with E-state index in [2.05, 4.69) is 27.8 Å². The van der Waals surface area contributed by atoms with E-state index in [9.17, 15) is 0 Å². The Hall–Kier alpha value is 0.885. The third kappa shape index (κ3) is 4.88. The van der Waals surface area contributed by atoms with Gasteiger partial charge in [0.05, 0.1) is 0 Å². The van der Waals surface area contributed by atoms with Gasteiger partial charge in [-0.05, 0) is 21.2 Å². The van der Waals surface area contributed by atoms with Gasteiger partial charge in [0.15, 0.2) is 0 Å². The van der Waals surface area contributed by atoms with Crippen molar-refractivity contribution in [2.45, 2.75) is 0 Å². The second kappa shape index (κ2) is 4.88. The highest BCUT2D eigenvalue weighted by molar-refractivity contribution is 14.2. The number of halogens is 1. The van der Waals surface area contributed by atoms with Gasteiger partial charge in [-0.15, -0.1) is 21.3 Å². The lowest BCUT2D eigenvalue weighted by atomic mass is 10.1. The summed E-state index contributed by atoms with van der Waals surface area (Å²) >= 11 is 2.18. The van der Waals surface area contributed by atoms with Crippen LogP contribution in [0.3, 0.4) is 0 Å². The van der Waals surface area contributed by atoms with E-state index in [0.29, 0.717) is 0 Å². The predicted molar refractivity (Wildman–Crippen MR) is 37.6 cm³/mol. The Kier molecular flexibility index (Phi) is 5.75. The van der Waals surface area contributed by atoms with Crippen molar-refractivity contribution >= 4 is 36.5 Å². The van der Waals surface area contributed by atoms with Crippen molar-refractivity contribution in [3.05, 3.63) is 12.6 Å². The van der Waals surface area contributed by atoms with E-state index in [0.717, 1.165) is 0 Å². The van der Waals surface area contributed by atoms with Crippen LogP contribution < -0.4 is 0 Å². The van der Waals surface area contributed by atoms with Crippen molar-refractivity contribution in [1.82, 2.24) is 0 Å². The molecule has 0 aromatic rings. The van der Waals surface area contributed by atoms with Crippen LogP contribution in [0.25, 0.3) is 0 Å². The summed E-state index contributed by atoms with van der Waals surface area (Å²) in [5.41, 5.74) is 0. The zero-order valence-electron chi connectivity index (χ0n) is 2.65. The Morgan fingerprint density at radius 2 is 2.60 bits per heavy atom. The van der Waals surface area contributed by atoms with Gasteiger partial charge in [-0.2, -0.15) is 0 Å². The topological polar surface area (TPSA) is 0 Å². The molecule has 27 valence electrons. The van der Waals surface area contributed by atoms with Crippen LogP contribution in [-0.2, 0) is 0 Å². The van der Waals surface area contributed by atoms with Crippen molar-refractivity contribution in [2.24, 2.45) is 0 Å². The van der Waals surface area contributed by atoms with Gasteiger partial charge in [0.2, 0.25) is 6.56 Å². The summed E-state index contributed by atoms with van der Waals surface area (Å²) in [6, 6.07) is 0. The first kappa shape index (κ1) is 5.88. The zero-order valence-corrected chi connectivity index (χ0v) is 5.62. The van der Waals surface area contributed by atoms with E-state index >= 15 is 0 Å². The Labute approximate surface area is 49.1 Å². The third-order valence-corrected chi connectivity index (χ3v) is 1.32. The molecule has 0 aromatic carbocycles. The molecule has 0 rings (SSSR count). The minimum Gasteiger partial charge on any atom is -0.143 e. The highest BCUT2D eigenvalue weighted by atomic mass is 127. The Morgan fingerprint density at radius 1 is 2.00 bits per heavy atom. The van der Waals surface area contributed by atoms with Crippen LogP contribution in [0.15, 0.2) is 12.6 Å². The molecule has 0 aliphatic heterocycles. The van der Waals surface area contributed by atoms with Crippen LogP contribution in [0.5, 0.6) is 0 Å². The number of hydrogen-bond acceptors (Lipinski definition) is 1. The number of rotatable bonds is 2. The van der Waals surface area contributed by atoms with Crippen molar-refractivity contribution in [2.75, 3.05) is 0 Å². The second-order valence-corrected chi connectivity index (χ2v) is 2.44. The average Bonchev–Trinajstić information content (AvgIpc) is 1.41. The van der Waals surface area contributed by atoms with E-state index in [1.807, 2.05) is 6.56 Å². The van der Waals surface area contributed by atoms with Gasteiger partial charge in [0.25, 0.3) is 0 Å². The van der Waals surface area contributed by atoms with Gasteiger partial charge in [0.1, 0.15) is 0 Å². The molecule has 5 heavy (non-hydrogen) atoms. The van der Waals surface area contributed by atoms with E-state index < -0.39 is 0 Å². The lowest BCUT2D eigenvalue weighted by Crippen LogP contribution is -1.60. The van der Waals surface area contributed by atoms with E-state index in [1.54, 1.807) is 14.8 Å². The smallest absolute Gasteiger partial charge is 0.143 e. The van der Waals surface area contributed by atoms with Crippen LogP contribution in [0.2, 0.25) is 0 Å². The molecule has 0 saturated heterocycles. The lowest BCUT2D eigenvalue weighted by molar-refractivity contribution is 2.62. The molecule has 1 radical (unpaired) electrons. The molecule has 0 fully saturated rings. The molecule has 3 heteroatoms. The molecule has 0 saturated carbocycles. The van der Waals surface area contributed by atoms with Gasteiger partial charge >= 0.3 is 0 Å². The van der Waals surface area contributed by atoms with Crippen LogP contribution in [0.1, 0.15) is 0 Å². The normalized spacial score (nSPS) is 6.60. The van der Waals surface area contributed by atoms with Gasteiger partial charge in [-0.3, -0.25) is 0 Å². The summed E-state index contributed by atoms with van der Waals surface area (Å²) in [4.78, 5) is 0. The first-order valence-corrected chi connectivity index (χ1v) is 4.55. The standard InChI is InChI=1S/C2H3BIS/c1-2-3-5-4/h2H,1H2. The number of hydrogen-bond donors (Lipinski definition) is 0. The average molecular weight is 197 g/mol. The molecule has 0 aliphatic rings. The van der Waals surface area contributed by atoms with Crippen LogP contribution >= 0.6 is 30.0 Å². The fourth-order valence-corrected chi connectivity index (χ4v) is 0.732. The molecular weight excluding hydrogens is 194 g/mol. The molecule has 0 N–H and O–H groups in total. The highest BCUT2D eigenvalue weighted by Crippen LogP contribution is 2.05. The summed E-state index contributed by atoms with van der Waals surface area (Å²) in [7, 11) is 1.63. The first-order valence-electron chi connectivity index (χ1n) is 1.13. The highest BCUT2D eigenvalue weighted by Gasteiger charge is 1.69. The van der Waals surface area contributed by atoms with Crippen LogP contribution in [-0.4, -0.2) is 6.56 Å². The molecule has 0 aromatic heterocycles. The third-order valence-electron chi connectivity index (χ3n) is 0.148. The maximum atomic E-state index is 3.47. The summed E-state index contributed by atoms with van der Waals surface area (Å²) in [5, 5.41) is 0. The van der Waals surface area contributed by atoms with Crippen LogP contribution in [0.4, 0.5) is 0 Å². The Balaban J connectivity index is 2.40. The second-order valence-electron chi connectivity index (χ2n) is 0.461. The zero-order chi connectivity index (χ0) is 4.12. The van der Waals surface area contributed by atoms with Crippen molar-refractivity contribution in [3.8, 4) is 0 Å².